The highest BCUT2D eigenvalue weighted by Crippen LogP contribution is 2.25. The molecule has 3 heterocycles. The van der Waals surface area contributed by atoms with Gasteiger partial charge < -0.3 is 4.52 Å². The van der Waals surface area contributed by atoms with Crippen LogP contribution in [0.15, 0.2) is 26.5 Å². The largest absolute Gasteiger partial charge is 0.360 e. The van der Waals surface area contributed by atoms with E-state index in [1.54, 1.807) is 17.8 Å². The van der Waals surface area contributed by atoms with Gasteiger partial charge in [0.25, 0.3) is 15.6 Å². The molecule has 0 aliphatic heterocycles. The zero-order chi connectivity index (χ0) is 17.8. The van der Waals surface area contributed by atoms with Gasteiger partial charge in [-0.1, -0.05) is 5.16 Å². The van der Waals surface area contributed by atoms with E-state index in [-0.39, 0.29) is 28.0 Å². The second kappa shape index (κ2) is 5.30. The van der Waals surface area contributed by atoms with E-state index in [1.165, 1.54) is 19.9 Å². The number of hydrogen-bond acceptors (Lipinski definition) is 6. The molecule has 3 aromatic rings. The van der Waals surface area contributed by atoms with Crippen molar-refractivity contribution in [1.29, 1.82) is 0 Å². The molecule has 0 N–H and O–H groups in total. The maximum Gasteiger partial charge on any atom is 0.277 e. The monoisotopic (exact) mass is 350 g/mol. The molecule has 24 heavy (non-hydrogen) atoms. The first-order valence-electron chi connectivity index (χ1n) is 7.44. The fraction of sp³-hybridized carbons (Fsp3) is 0.400. The van der Waals surface area contributed by atoms with Crippen molar-refractivity contribution in [2.45, 2.75) is 45.6 Å². The Morgan fingerprint density at radius 3 is 2.42 bits per heavy atom. The first kappa shape index (κ1) is 16.4. The molecule has 0 spiro atoms. The molecule has 128 valence electrons. The number of pyridine rings is 1. The van der Waals surface area contributed by atoms with Crippen LogP contribution < -0.4 is 5.56 Å². The normalized spacial score (nSPS) is 12.4. The van der Waals surface area contributed by atoms with Crippen molar-refractivity contribution in [2.75, 3.05) is 0 Å². The van der Waals surface area contributed by atoms with Gasteiger partial charge in [0.05, 0.1) is 0 Å². The van der Waals surface area contributed by atoms with Gasteiger partial charge in [0.15, 0.2) is 16.3 Å². The molecule has 0 atom stereocenters. The second-order valence-corrected chi connectivity index (χ2v) is 7.75. The Kier molecular flexibility index (Phi) is 3.63. The summed E-state index contributed by atoms with van der Waals surface area (Å²) < 4.78 is 33.5. The Balaban J connectivity index is 2.44. The fourth-order valence-electron chi connectivity index (χ4n) is 2.67. The van der Waals surface area contributed by atoms with Crippen LogP contribution in [-0.2, 0) is 10.0 Å². The molecule has 3 rings (SSSR count). The van der Waals surface area contributed by atoms with Crippen LogP contribution in [0, 0.1) is 20.8 Å². The van der Waals surface area contributed by atoms with Crippen molar-refractivity contribution in [3.8, 4) is 0 Å². The van der Waals surface area contributed by atoms with Gasteiger partial charge in [0.1, 0.15) is 5.69 Å². The van der Waals surface area contributed by atoms with E-state index in [9.17, 15) is 13.2 Å². The average molecular weight is 350 g/mol. The Labute approximate surface area is 138 Å². The molecule has 9 heteroatoms. The molecule has 3 aromatic heterocycles. The van der Waals surface area contributed by atoms with E-state index in [0.717, 1.165) is 3.97 Å². The minimum Gasteiger partial charge on any atom is -0.360 e. The van der Waals surface area contributed by atoms with Gasteiger partial charge in [0.2, 0.25) is 0 Å². The van der Waals surface area contributed by atoms with Crippen LogP contribution in [0.25, 0.3) is 11.0 Å². The zero-order valence-electron chi connectivity index (χ0n) is 14.1. The maximum atomic E-state index is 13.1. The Hall–Kier alpha value is -2.42. The highest BCUT2D eigenvalue weighted by Gasteiger charge is 2.30. The molecular weight excluding hydrogens is 332 g/mol. The average Bonchev–Trinajstić information content (AvgIpc) is 3.03. The summed E-state index contributed by atoms with van der Waals surface area (Å²) in [6, 6.07) is 1.33. The molecule has 0 amide bonds. The summed E-state index contributed by atoms with van der Waals surface area (Å²) in [6.07, 6.45) is 1.74. The Morgan fingerprint density at radius 2 is 1.88 bits per heavy atom. The third kappa shape index (κ3) is 2.27. The molecule has 0 saturated carbocycles. The van der Waals surface area contributed by atoms with Crippen molar-refractivity contribution in [1.82, 2.24) is 18.9 Å². The number of hydrogen-bond donors (Lipinski definition) is 0. The third-order valence-corrected chi connectivity index (χ3v) is 5.80. The first-order valence-corrected chi connectivity index (χ1v) is 8.88. The highest BCUT2D eigenvalue weighted by molar-refractivity contribution is 7.90. The predicted molar refractivity (Wildman–Crippen MR) is 87.7 cm³/mol. The summed E-state index contributed by atoms with van der Waals surface area (Å²) >= 11 is 0. The summed E-state index contributed by atoms with van der Waals surface area (Å²) in [4.78, 5) is 12.4. The molecule has 0 aliphatic rings. The van der Waals surface area contributed by atoms with E-state index >= 15 is 0 Å². The third-order valence-electron chi connectivity index (χ3n) is 3.87. The molecule has 0 fully saturated rings. The summed E-state index contributed by atoms with van der Waals surface area (Å²) in [7, 11) is -4.17. The van der Waals surface area contributed by atoms with E-state index in [4.69, 9.17) is 4.52 Å². The lowest BCUT2D eigenvalue weighted by Gasteiger charge is -2.08. The minimum absolute atomic E-state index is 0.0297. The van der Waals surface area contributed by atoms with Gasteiger partial charge in [-0.3, -0.25) is 9.48 Å². The summed E-state index contributed by atoms with van der Waals surface area (Å²) in [5.41, 5.74) is 0.325. The lowest BCUT2D eigenvalue weighted by Crippen LogP contribution is -2.28. The van der Waals surface area contributed by atoms with E-state index < -0.39 is 15.6 Å². The van der Waals surface area contributed by atoms with Gasteiger partial charge in [0, 0.05) is 23.7 Å². The number of nitrogens with zero attached hydrogens (tertiary/aromatic N) is 4. The van der Waals surface area contributed by atoms with Gasteiger partial charge in [-0.05, 0) is 40.2 Å². The standard InChI is InChI=1S/C15H18N4O4S/c1-8(2)18-7-12-9(3)6-13(20)19(15(12)16-18)24(21,22)14-10(4)17-23-11(14)5/h6-8H,1-5H3. The van der Waals surface area contributed by atoms with E-state index in [0.29, 0.717) is 10.9 Å². The molecule has 0 unspecified atom stereocenters. The number of aryl methyl sites for hydroxylation is 3. The van der Waals surface area contributed by atoms with E-state index in [2.05, 4.69) is 10.3 Å². The SMILES string of the molecule is Cc1noc(C)c1S(=O)(=O)n1c(=O)cc(C)c2cn(C(C)C)nc21. The van der Waals surface area contributed by atoms with Crippen molar-refractivity contribution < 1.29 is 12.9 Å². The van der Waals surface area contributed by atoms with E-state index in [1.807, 2.05) is 13.8 Å². The quantitative estimate of drug-likeness (QED) is 0.715. The van der Waals surface area contributed by atoms with Gasteiger partial charge in [-0.25, -0.2) is 8.42 Å². The van der Waals surface area contributed by atoms with Crippen molar-refractivity contribution in [2.24, 2.45) is 0 Å². The molecule has 0 saturated heterocycles. The van der Waals surface area contributed by atoms with Crippen LogP contribution in [-0.4, -0.2) is 27.3 Å². The zero-order valence-corrected chi connectivity index (χ0v) is 14.9. The summed E-state index contributed by atoms with van der Waals surface area (Å²) in [5.74, 6) is 0.136. The predicted octanol–water partition coefficient (Wildman–Crippen LogP) is 1.93. The molecule has 0 aromatic carbocycles. The van der Waals surface area contributed by atoms with Gasteiger partial charge in [-0.2, -0.15) is 9.07 Å². The summed E-state index contributed by atoms with van der Waals surface area (Å²) in [5, 5.41) is 8.60. The number of fused-ring (bicyclic) bond motifs is 1. The van der Waals surface area contributed by atoms with Crippen molar-refractivity contribution in [3.05, 3.63) is 39.6 Å². The Morgan fingerprint density at radius 1 is 1.21 bits per heavy atom. The maximum absolute atomic E-state index is 13.1. The molecule has 0 bridgehead atoms. The van der Waals surface area contributed by atoms with Crippen LogP contribution in [0.1, 0.15) is 36.9 Å². The van der Waals surface area contributed by atoms with Crippen molar-refractivity contribution in [3.63, 3.8) is 0 Å². The number of rotatable bonds is 3. The lowest BCUT2D eigenvalue weighted by molar-refractivity contribution is 0.390. The number of aromatic nitrogens is 4. The van der Waals surface area contributed by atoms with Gasteiger partial charge in [-0.15, -0.1) is 0 Å². The topological polar surface area (TPSA) is 100.0 Å². The molecule has 8 nitrogen and oxygen atoms in total. The van der Waals surface area contributed by atoms with Crippen LogP contribution in [0.2, 0.25) is 0 Å². The minimum atomic E-state index is -4.17. The van der Waals surface area contributed by atoms with Crippen molar-refractivity contribution >= 4 is 21.1 Å². The Bertz CT molecular complexity index is 1080. The second-order valence-electron chi connectivity index (χ2n) is 6.03. The first-order chi connectivity index (χ1) is 11.1. The molecular formula is C15H18N4O4S. The van der Waals surface area contributed by atoms with Crippen LogP contribution >= 0.6 is 0 Å². The lowest BCUT2D eigenvalue weighted by atomic mass is 10.2. The van der Waals surface area contributed by atoms with Crippen LogP contribution in [0.4, 0.5) is 0 Å². The molecule has 0 aliphatic carbocycles. The highest BCUT2D eigenvalue weighted by atomic mass is 32.2. The summed E-state index contributed by atoms with van der Waals surface area (Å²) in [6.45, 7) is 8.62. The van der Waals surface area contributed by atoms with Crippen LogP contribution in [0.3, 0.4) is 0 Å². The van der Waals surface area contributed by atoms with Gasteiger partial charge >= 0.3 is 0 Å². The van der Waals surface area contributed by atoms with Crippen LogP contribution in [0.5, 0.6) is 0 Å². The smallest absolute Gasteiger partial charge is 0.277 e. The fourth-order valence-corrected chi connectivity index (χ4v) is 4.31. The molecule has 0 radical (unpaired) electrons.